The Morgan fingerprint density at radius 3 is 1.17 bits per heavy atom. The summed E-state index contributed by atoms with van der Waals surface area (Å²) in [6.45, 7) is 4.17. The molecule has 0 rings (SSSR count). The van der Waals surface area contributed by atoms with Crippen molar-refractivity contribution in [2.24, 2.45) is 0 Å². The number of phosphoric acid groups is 1. The van der Waals surface area contributed by atoms with E-state index in [0.717, 1.165) is 96.3 Å². The lowest BCUT2D eigenvalue weighted by atomic mass is 10.1. The van der Waals surface area contributed by atoms with E-state index in [9.17, 15) is 28.9 Å². The third kappa shape index (κ3) is 50.6. The van der Waals surface area contributed by atoms with Crippen molar-refractivity contribution in [3.05, 3.63) is 134 Å². The zero-order valence-electron chi connectivity index (χ0n) is 44.6. The second-order valence-corrected chi connectivity index (χ2v) is 18.7. The fourth-order valence-electron chi connectivity index (χ4n) is 6.51. The minimum atomic E-state index is -4.79. The van der Waals surface area contributed by atoms with E-state index in [1.54, 1.807) is 0 Å². The highest BCUT2D eigenvalue weighted by Crippen LogP contribution is 2.43. The Labute approximate surface area is 436 Å². The van der Waals surface area contributed by atoms with E-state index in [1.165, 1.54) is 25.7 Å². The van der Waals surface area contributed by atoms with Gasteiger partial charge in [0.15, 0.2) is 6.10 Å². The molecule has 3 unspecified atom stereocenters. The second kappa shape index (κ2) is 52.9. The predicted octanol–water partition coefficient (Wildman–Crippen LogP) is 15.8. The van der Waals surface area contributed by atoms with Crippen molar-refractivity contribution in [1.82, 2.24) is 0 Å². The number of phosphoric ester groups is 1. The smallest absolute Gasteiger partial charge is 0.462 e. The van der Waals surface area contributed by atoms with Crippen molar-refractivity contribution in [2.75, 3.05) is 26.4 Å². The number of aliphatic hydroxyl groups excluding tert-OH is 1. The zero-order chi connectivity index (χ0) is 52.7. The topological polar surface area (TPSA) is 155 Å². The normalized spacial score (nSPS) is 14.5. The molecule has 72 heavy (non-hydrogen) atoms. The maximum absolute atomic E-state index is 12.9. The summed E-state index contributed by atoms with van der Waals surface area (Å²) in [5, 5.41) is 9.77. The highest BCUT2D eigenvalue weighted by molar-refractivity contribution is 7.47. The molecule has 0 amide bonds. The molecule has 12 heteroatoms. The van der Waals surface area contributed by atoms with Crippen LogP contribution < -0.4 is 0 Å². The monoisotopic (exact) mass is 1020 g/mol. The highest BCUT2D eigenvalue weighted by Gasteiger charge is 2.28. The maximum Gasteiger partial charge on any atom is 0.472 e. The molecule has 0 aromatic heterocycles. The first kappa shape index (κ1) is 67.6. The molecule has 0 radical (unpaired) electrons. The average Bonchev–Trinajstić information content (AvgIpc) is 3.37. The van der Waals surface area contributed by atoms with E-state index in [0.29, 0.717) is 25.7 Å². The van der Waals surface area contributed by atoms with E-state index in [4.69, 9.17) is 23.3 Å². The minimum absolute atomic E-state index is 0.0305. The Hall–Kier alpha value is -4.38. The molecule has 0 saturated heterocycles. The summed E-state index contributed by atoms with van der Waals surface area (Å²) < 4.78 is 39.2. The van der Waals surface area contributed by atoms with Crippen LogP contribution in [0.5, 0.6) is 0 Å². The van der Waals surface area contributed by atoms with Gasteiger partial charge in [0.1, 0.15) is 12.7 Å². The molecule has 0 fully saturated rings. The summed E-state index contributed by atoms with van der Waals surface area (Å²) in [5.74, 6) is -1.68. The average molecular weight is 1020 g/mol. The standard InChI is InChI=1S/C60H95O11P/c1-4-7-10-13-16-19-22-25-26-27-28-29-30-33-34-37-40-43-46-49-58(62)67-53-57(71-60(64)51-48-45-42-39-36-32-24-21-18-15-12-9-6-3)55-69-72(65,66)68-54-56(52-61)70-59(63)50-47-44-41-38-35-31-23-20-17-14-11-8-5-2/h8-9,11-12,16-21,25-26,28-29,31-32,35-36,41-42,44-45,56-57,61H,4-7,10,13-15,22-24,27,30,33-34,37-40,43,46-55H2,1-3H3,(H,65,66)/b11-8-,12-9-,19-16-,20-17-,21-18-,26-25-,29-28-,35-31-,36-32-,44-41-,45-42-. The lowest BCUT2D eigenvalue weighted by Gasteiger charge is -2.21. The SMILES string of the molecule is CC/C=C\C/C=C\C/C=C\C/C=C\CCC(=O)OC(CO)COP(=O)(O)OCC(COC(=O)CCCCCCCC/C=C\C/C=C\C/C=C\CCCCC)OC(=O)CC/C=C\C/C=C\C/C=C\C/C=C\CC. The molecule has 406 valence electrons. The fourth-order valence-corrected chi connectivity index (χ4v) is 7.29. The zero-order valence-corrected chi connectivity index (χ0v) is 45.5. The molecule has 0 aromatic rings. The van der Waals surface area contributed by atoms with Crippen LogP contribution in [0.1, 0.15) is 188 Å². The molecular formula is C60H95O11P. The van der Waals surface area contributed by atoms with Gasteiger partial charge in [-0.1, -0.05) is 193 Å². The fraction of sp³-hybridized carbons (Fsp3) is 0.583. The van der Waals surface area contributed by atoms with Gasteiger partial charge in [-0.2, -0.15) is 0 Å². The summed E-state index contributed by atoms with van der Waals surface area (Å²) in [4.78, 5) is 48.3. The molecule has 0 bridgehead atoms. The van der Waals surface area contributed by atoms with Crippen LogP contribution in [-0.4, -0.2) is 66.5 Å². The van der Waals surface area contributed by atoms with Crippen molar-refractivity contribution in [1.29, 1.82) is 0 Å². The van der Waals surface area contributed by atoms with Crippen LogP contribution >= 0.6 is 7.82 Å². The summed E-state index contributed by atoms with van der Waals surface area (Å²) in [6, 6.07) is 0. The van der Waals surface area contributed by atoms with Crippen molar-refractivity contribution in [2.45, 2.75) is 200 Å². The highest BCUT2D eigenvalue weighted by atomic mass is 31.2. The van der Waals surface area contributed by atoms with Crippen LogP contribution in [0, 0.1) is 0 Å². The number of ether oxygens (including phenoxy) is 3. The lowest BCUT2D eigenvalue weighted by Crippen LogP contribution is -2.30. The van der Waals surface area contributed by atoms with Crippen LogP contribution in [-0.2, 0) is 42.2 Å². The summed E-state index contributed by atoms with van der Waals surface area (Å²) in [7, 11) is -4.79. The van der Waals surface area contributed by atoms with Crippen molar-refractivity contribution >= 4 is 25.7 Å². The van der Waals surface area contributed by atoms with Crippen LogP contribution in [0.15, 0.2) is 134 Å². The molecule has 11 nitrogen and oxygen atoms in total. The predicted molar refractivity (Wildman–Crippen MR) is 297 cm³/mol. The number of unbranched alkanes of at least 4 members (excludes halogenated alkanes) is 9. The first-order valence-corrected chi connectivity index (χ1v) is 28.6. The number of hydrogen-bond donors (Lipinski definition) is 2. The van der Waals surface area contributed by atoms with Crippen molar-refractivity contribution < 1.29 is 52.2 Å². The molecule has 0 aliphatic heterocycles. The number of rotatable bonds is 48. The molecule has 2 N–H and O–H groups in total. The summed E-state index contributed by atoms with van der Waals surface area (Å²) >= 11 is 0. The van der Waals surface area contributed by atoms with E-state index < -0.39 is 57.8 Å². The van der Waals surface area contributed by atoms with Gasteiger partial charge in [-0.25, -0.2) is 4.57 Å². The van der Waals surface area contributed by atoms with Gasteiger partial charge in [0, 0.05) is 19.3 Å². The van der Waals surface area contributed by atoms with Crippen LogP contribution in [0.4, 0.5) is 0 Å². The number of carbonyl (C=O) groups excluding carboxylic acids is 3. The Kier molecular flexibility index (Phi) is 49.7. The molecule has 3 atom stereocenters. The summed E-state index contributed by atoms with van der Waals surface area (Å²) in [5.41, 5.74) is 0. The number of esters is 3. The van der Waals surface area contributed by atoms with Gasteiger partial charge in [0.25, 0.3) is 0 Å². The quantitative estimate of drug-likeness (QED) is 0.0197. The third-order valence-corrected chi connectivity index (χ3v) is 11.5. The molecule has 0 spiro atoms. The van der Waals surface area contributed by atoms with E-state index in [2.05, 4.69) is 124 Å². The van der Waals surface area contributed by atoms with Gasteiger partial charge in [-0.15, -0.1) is 0 Å². The van der Waals surface area contributed by atoms with Gasteiger partial charge in [-0.05, 0) is 109 Å². The number of aliphatic hydroxyl groups is 1. The Morgan fingerprint density at radius 2 is 0.750 bits per heavy atom. The Morgan fingerprint density at radius 1 is 0.403 bits per heavy atom. The van der Waals surface area contributed by atoms with E-state index >= 15 is 0 Å². The summed E-state index contributed by atoms with van der Waals surface area (Å²) in [6.07, 6.45) is 66.0. The molecule has 0 aliphatic rings. The van der Waals surface area contributed by atoms with Crippen LogP contribution in [0.25, 0.3) is 0 Å². The van der Waals surface area contributed by atoms with Gasteiger partial charge in [0.05, 0.1) is 19.8 Å². The van der Waals surface area contributed by atoms with E-state index in [-0.39, 0.29) is 25.9 Å². The van der Waals surface area contributed by atoms with Gasteiger partial charge < -0.3 is 24.2 Å². The van der Waals surface area contributed by atoms with Gasteiger partial charge >= 0.3 is 25.7 Å². The largest absolute Gasteiger partial charge is 0.472 e. The van der Waals surface area contributed by atoms with Gasteiger partial charge in [0.2, 0.25) is 0 Å². The van der Waals surface area contributed by atoms with Crippen molar-refractivity contribution in [3.8, 4) is 0 Å². The number of carbonyl (C=O) groups is 3. The lowest BCUT2D eigenvalue weighted by molar-refractivity contribution is -0.161. The van der Waals surface area contributed by atoms with Crippen LogP contribution in [0.3, 0.4) is 0 Å². The Balaban J connectivity index is 4.88. The minimum Gasteiger partial charge on any atom is -0.462 e. The molecular weight excluding hydrogens is 928 g/mol. The molecule has 0 heterocycles. The molecule has 0 saturated carbocycles. The first-order valence-electron chi connectivity index (χ1n) is 27.1. The maximum atomic E-state index is 12.9. The van der Waals surface area contributed by atoms with Gasteiger partial charge in [-0.3, -0.25) is 23.4 Å². The van der Waals surface area contributed by atoms with E-state index in [1.807, 2.05) is 30.4 Å². The van der Waals surface area contributed by atoms with Crippen LogP contribution in [0.2, 0.25) is 0 Å². The number of hydrogen-bond acceptors (Lipinski definition) is 10. The molecule has 0 aromatic carbocycles. The third-order valence-electron chi connectivity index (χ3n) is 10.6. The Bertz CT molecular complexity index is 1710. The molecule has 0 aliphatic carbocycles. The number of allylic oxidation sites excluding steroid dienone is 22. The second-order valence-electron chi connectivity index (χ2n) is 17.3. The van der Waals surface area contributed by atoms with Crippen molar-refractivity contribution in [3.63, 3.8) is 0 Å². The first-order chi connectivity index (χ1) is 35.2.